The molecule has 1 atom stereocenters. The lowest BCUT2D eigenvalue weighted by Gasteiger charge is -2.30. The molecule has 12 heavy (non-hydrogen) atoms. The topological polar surface area (TPSA) is 40.5 Å². The van der Waals surface area contributed by atoms with E-state index < -0.39 is 5.97 Å². The van der Waals surface area contributed by atoms with Crippen molar-refractivity contribution in [2.24, 2.45) is 0 Å². The molecular weight excluding hydrogens is 154 g/mol. The third kappa shape index (κ3) is 1.99. The van der Waals surface area contributed by atoms with Crippen LogP contribution in [0.15, 0.2) is 0 Å². The summed E-state index contributed by atoms with van der Waals surface area (Å²) in [5, 5.41) is 8.83. The second-order valence-electron chi connectivity index (χ2n) is 3.02. The third-order valence-electron chi connectivity index (χ3n) is 2.19. The zero-order valence-electron chi connectivity index (χ0n) is 6.99. The van der Waals surface area contributed by atoms with Crippen LogP contribution in [0, 0.1) is 12.3 Å². The highest BCUT2D eigenvalue weighted by Crippen LogP contribution is 2.16. The summed E-state index contributed by atoms with van der Waals surface area (Å²) in [5.41, 5.74) is 0. The minimum Gasteiger partial charge on any atom is -0.480 e. The van der Waals surface area contributed by atoms with E-state index in [1.54, 1.807) is 0 Å². The van der Waals surface area contributed by atoms with Crippen molar-refractivity contribution in [1.29, 1.82) is 0 Å². The van der Waals surface area contributed by atoms with E-state index in [4.69, 9.17) is 11.5 Å². The molecule has 1 N–H and O–H groups in total. The molecule has 0 amide bonds. The standard InChI is InChI=1S/C9H13NO2/c1-2-6-10-7-4-3-5-8(10)9(11)12/h1,8H,3-7H2,(H,11,12). The number of rotatable bonds is 2. The van der Waals surface area contributed by atoms with Crippen LogP contribution in [-0.2, 0) is 4.79 Å². The molecule has 1 unspecified atom stereocenters. The summed E-state index contributed by atoms with van der Waals surface area (Å²) in [4.78, 5) is 12.6. The van der Waals surface area contributed by atoms with Gasteiger partial charge in [0.25, 0.3) is 0 Å². The number of aliphatic carboxylic acids is 1. The second kappa shape index (κ2) is 4.13. The molecule has 3 heteroatoms. The van der Waals surface area contributed by atoms with Crippen LogP contribution in [0.2, 0.25) is 0 Å². The lowest BCUT2D eigenvalue weighted by molar-refractivity contribution is -0.144. The summed E-state index contributed by atoms with van der Waals surface area (Å²) in [7, 11) is 0. The van der Waals surface area contributed by atoms with E-state index in [-0.39, 0.29) is 6.04 Å². The normalized spacial score (nSPS) is 24.8. The number of nitrogens with zero attached hydrogens (tertiary/aromatic N) is 1. The van der Waals surface area contributed by atoms with Crippen LogP contribution < -0.4 is 0 Å². The van der Waals surface area contributed by atoms with E-state index in [2.05, 4.69) is 5.92 Å². The first kappa shape index (κ1) is 9.08. The molecule has 1 saturated heterocycles. The van der Waals surface area contributed by atoms with Gasteiger partial charge in [0.15, 0.2) is 0 Å². The molecule has 0 aromatic rings. The van der Waals surface area contributed by atoms with Crippen LogP contribution in [0.3, 0.4) is 0 Å². The number of terminal acetylenes is 1. The Morgan fingerprint density at radius 2 is 2.42 bits per heavy atom. The minimum atomic E-state index is -0.745. The van der Waals surface area contributed by atoms with Gasteiger partial charge in [0, 0.05) is 0 Å². The quantitative estimate of drug-likeness (QED) is 0.611. The molecule has 0 bridgehead atoms. The number of hydrogen-bond acceptors (Lipinski definition) is 2. The Morgan fingerprint density at radius 3 is 3.00 bits per heavy atom. The average Bonchev–Trinajstić information content (AvgIpc) is 2.05. The number of carbonyl (C=O) groups is 1. The molecule has 1 aliphatic heterocycles. The summed E-state index contributed by atoms with van der Waals surface area (Å²) in [6.07, 6.45) is 7.93. The van der Waals surface area contributed by atoms with Gasteiger partial charge in [-0.25, -0.2) is 0 Å². The molecule has 1 fully saturated rings. The van der Waals surface area contributed by atoms with Crippen LogP contribution >= 0.6 is 0 Å². The SMILES string of the molecule is C#CCN1CCCCC1C(=O)O. The Hall–Kier alpha value is -1.01. The molecule has 0 radical (unpaired) electrons. The molecule has 0 aromatic carbocycles. The molecule has 3 nitrogen and oxygen atoms in total. The first-order valence-corrected chi connectivity index (χ1v) is 4.16. The molecule has 1 aliphatic rings. The van der Waals surface area contributed by atoms with Gasteiger partial charge >= 0.3 is 5.97 Å². The van der Waals surface area contributed by atoms with Crippen LogP contribution in [0.1, 0.15) is 19.3 Å². The summed E-state index contributed by atoms with van der Waals surface area (Å²) in [6.45, 7) is 1.28. The molecule has 0 spiro atoms. The number of carboxylic acid groups (broad SMARTS) is 1. The second-order valence-corrected chi connectivity index (χ2v) is 3.02. The van der Waals surface area contributed by atoms with E-state index in [1.165, 1.54) is 0 Å². The Kier molecular flexibility index (Phi) is 3.12. The fourth-order valence-electron chi connectivity index (χ4n) is 1.58. The van der Waals surface area contributed by atoms with Gasteiger partial charge in [-0.1, -0.05) is 12.3 Å². The van der Waals surface area contributed by atoms with Crippen molar-refractivity contribution >= 4 is 5.97 Å². The van der Waals surface area contributed by atoms with Gasteiger partial charge in [-0.2, -0.15) is 0 Å². The van der Waals surface area contributed by atoms with Crippen molar-refractivity contribution in [3.63, 3.8) is 0 Å². The van der Waals surface area contributed by atoms with E-state index >= 15 is 0 Å². The molecule has 0 aliphatic carbocycles. The van der Waals surface area contributed by atoms with Crippen molar-refractivity contribution in [2.45, 2.75) is 25.3 Å². The van der Waals surface area contributed by atoms with Gasteiger partial charge < -0.3 is 5.11 Å². The summed E-state index contributed by atoms with van der Waals surface area (Å²) in [5.74, 6) is 1.74. The van der Waals surface area contributed by atoms with Gasteiger partial charge in [0.1, 0.15) is 6.04 Å². The monoisotopic (exact) mass is 167 g/mol. The Morgan fingerprint density at radius 1 is 1.67 bits per heavy atom. The molecule has 0 aromatic heterocycles. The van der Waals surface area contributed by atoms with Crippen LogP contribution in [0.25, 0.3) is 0 Å². The zero-order chi connectivity index (χ0) is 8.97. The largest absolute Gasteiger partial charge is 0.480 e. The fourth-order valence-corrected chi connectivity index (χ4v) is 1.58. The maximum atomic E-state index is 10.7. The maximum Gasteiger partial charge on any atom is 0.320 e. The van der Waals surface area contributed by atoms with Gasteiger partial charge in [-0.3, -0.25) is 9.69 Å². The Bertz CT molecular complexity index is 207. The highest BCUT2D eigenvalue weighted by Gasteiger charge is 2.27. The molecule has 1 heterocycles. The number of piperidine rings is 1. The number of hydrogen-bond donors (Lipinski definition) is 1. The number of carboxylic acids is 1. The molecular formula is C9H13NO2. The fraction of sp³-hybridized carbons (Fsp3) is 0.667. The van der Waals surface area contributed by atoms with Gasteiger partial charge in [-0.05, 0) is 19.4 Å². The van der Waals surface area contributed by atoms with Crippen molar-refractivity contribution < 1.29 is 9.90 Å². The smallest absolute Gasteiger partial charge is 0.320 e. The maximum absolute atomic E-state index is 10.7. The Labute approximate surface area is 72.4 Å². The van der Waals surface area contributed by atoms with Crippen LogP contribution in [0.4, 0.5) is 0 Å². The Balaban J connectivity index is 2.55. The molecule has 1 rings (SSSR count). The third-order valence-corrected chi connectivity index (χ3v) is 2.19. The van der Waals surface area contributed by atoms with Crippen LogP contribution in [0.5, 0.6) is 0 Å². The van der Waals surface area contributed by atoms with Crippen molar-refractivity contribution in [1.82, 2.24) is 4.90 Å². The van der Waals surface area contributed by atoms with E-state index in [0.717, 1.165) is 25.8 Å². The van der Waals surface area contributed by atoms with Crippen molar-refractivity contribution in [3.8, 4) is 12.3 Å². The molecule has 0 saturated carbocycles. The zero-order valence-corrected chi connectivity index (χ0v) is 6.99. The highest BCUT2D eigenvalue weighted by atomic mass is 16.4. The van der Waals surface area contributed by atoms with E-state index in [0.29, 0.717) is 6.54 Å². The molecule has 66 valence electrons. The summed E-state index contributed by atoms with van der Waals surface area (Å²) >= 11 is 0. The number of likely N-dealkylation sites (tertiary alicyclic amines) is 1. The van der Waals surface area contributed by atoms with Gasteiger partial charge in [0.05, 0.1) is 6.54 Å². The van der Waals surface area contributed by atoms with Gasteiger partial charge in [0.2, 0.25) is 0 Å². The van der Waals surface area contributed by atoms with E-state index in [1.807, 2.05) is 4.90 Å². The highest BCUT2D eigenvalue weighted by molar-refractivity contribution is 5.73. The average molecular weight is 167 g/mol. The van der Waals surface area contributed by atoms with Crippen molar-refractivity contribution in [3.05, 3.63) is 0 Å². The lowest BCUT2D eigenvalue weighted by Crippen LogP contribution is -2.44. The van der Waals surface area contributed by atoms with Gasteiger partial charge in [-0.15, -0.1) is 6.42 Å². The van der Waals surface area contributed by atoms with Crippen molar-refractivity contribution in [2.75, 3.05) is 13.1 Å². The van der Waals surface area contributed by atoms with Crippen LogP contribution in [-0.4, -0.2) is 35.1 Å². The first-order chi connectivity index (χ1) is 5.75. The minimum absolute atomic E-state index is 0.352. The predicted octanol–water partition coefficient (Wildman–Crippen LogP) is 0.559. The summed E-state index contributed by atoms with van der Waals surface area (Å²) in [6, 6.07) is -0.352. The van der Waals surface area contributed by atoms with E-state index in [9.17, 15) is 4.79 Å². The first-order valence-electron chi connectivity index (χ1n) is 4.16. The predicted molar refractivity (Wildman–Crippen MR) is 45.7 cm³/mol. The summed E-state index contributed by atoms with van der Waals surface area (Å²) < 4.78 is 0. The lowest BCUT2D eigenvalue weighted by atomic mass is 10.0.